The Labute approximate surface area is 217 Å². The average molecular weight is 545 g/mol. The molecule has 0 aliphatic carbocycles. The third-order valence-electron chi connectivity index (χ3n) is 5.34. The normalized spacial score (nSPS) is 19.4. The third kappa shape index (κ3) is 5.29. The number of anilines is 1. The van der Waals surface area contributed by atoms with E-state index in [9.17, 15) is 24.3 Å². The number of rotatable bonds is 9. The summed E-state index contributed by atoms with van der Waals surface area (Å²) in [5.74, 6) is -3.25. The van der Waals surface area contributed by atoms with E-state index < -0.39 is 35.1 Å². The number of hydrogen-bond donors (Lipinski definition) is 3. The number of primary amides is 1. The number of oxime groups is 1. The van der Waals surface area contributed by atoms with Gasteiger partial charge < -0.3 is 31.5 Å². The highest BCUT2D eigenvalue weighted by molar-refractivity contribution is 8.00. The molecule has 0 spiro atoms. The van der Waals surface area contributed by atoms with Crippen molar-refractivity contribution in [1.29, 1.82) is 0 Å². The Hall–Kier alpha value is -4.31. The van der Waals surface area contributed by atoms with E-state index in [0.717, 1.165) is 16.4 Å². The molecule has 2 aromatic heterocycles. The van der Waals surface area contributed by atoms with E-state index >= 15 is 0 Å². The number of nitrogens with one attached hydrogen (secondary N) is 1. The molecule has 1 saturated heterocycles. The number of nitrogens with zero attached hydrogens (tertiary/aromatic N) is 5. The number of carboxylic acid groups (broad SMARTS) is 1. The SMILES string of the molecule is CO/N=C(\C(=O)NC1C(=O)N2C(C(=O)[O-])=C(/C=C/C[n+]3ccc(C(N)=O)cc3)CS[C@H]12)c1nsc(N)n1. The van der Waals surface area contributed by atoms with Crippen LogP contribution in [0.15, 0.2) is 53.1 Å². The predicted octanol–water partition coefficient (Wildman–Crippen LogP) is -2.48. The Balaban J connectivity index is 1.47. The lowest BCUT2D eigenvalue weighted by atomic mass is 10.0. The molecule has 0 radical (unpaired) electrons. The molecule has 2 aliphatic heterocycles. The number of fused-ring (bicyclic) bond motifs is 1. The first-order valence-electron chi connectivity index (χ1n) is 10.6. The molecule has 0 saturated carbocycles. The highest BCUT2D eigenvalue weighted by Crippen LogP contribution is 2.40. The van der Waals surface area contributed by atoms with Gasteiger partial charge in [0.25, 0.3) is 11.8 Å². The Kier molecular flexibility index (Phi) is 7.49. The summed E-state index contributed by atoms with van der Waals surface area (Å²) in [5.41, 5.74) is 11.0. The van der Waals surface area contributed by atoms with Crippen LogP contribution in [0.5, 0.6) is 0 Å². The maximum atomic E-state index is 12.9. The molecular weight excluding hydrogens is 524 g/mol. The van der Waals surface area contributed by atoms with Crippen LogP contribution in [0.4, 0.5) is 5.13 Å². The van der Waals surface area contributed by atoms with E-state index in [2.05, 4.69) is 19.8 Å². The highest BCUT2D eigenvalue weighted by atomic mass is 32.2. The van der Waals surface area contributed by atoms with Crippen molar-refractivity contribution < 1.29 is 33.7 Å². The maximum absolute atomic E-state index is 12.9. The molecule has 14 nitrogen and oxygen atoms in total. The van der Waals surface area contributed by atoms with E-state index in [1.54, 1.807) is 41.2 Å². The standard InChI is InChI=1S/C21H20N8O6S2/c1-35-26-12(16-25-21(23)37-27-16)17(31)24-13-18(32)29-14(20(33)34)11(9-36-19(13)29)3-2-6-28-7-4-10(5-8-28)15(22)30/h2-5,7-8,13,19H,6,9H2,1H3,(H5-,22,23,24,25,27,30,31,33,34)/b3-2+,26-12-/t13?,19-/m1/s1. The van der Waals surface area contributed by atoms with Crippen LogP contribution in [0.2, 0.25) is 0 Å². The number of aliphatic carboxylic acids is 1. The molecule has 4 rings (SSSR count). The number of carbonyl (C=O) groups is 4. The monoisotopic (exact) mass is 544 g/mol. The summed E-state index contributed by atoms with van der Waals surface area (Å²) >= 11 is 2.14. The van der Waals surface area contributed by atoms with Gasteiger partial charge >= 0.3 is 0 Å². The van der Waals surface area contributed by atoms with Gasteiger partial charge in [-0.15, -0.1) is 11.8 Å². The molecular formula is C21H20N8O6S2. The average Bonchev–Trinajstić information content (AvgIpc) is 3.31. The molecule has 5 N–H and O–H groups in total. The van der Waals surface area contributed by atoms with Gasteiger partial charge in [-0.05, 0) is 11.6 Å². The fourth-order valence-corrected chi connectivity index (χ4v) is 5.39. The number of β-lactam (4-membered cyclic amide) rings is 1. The van der Waals surface area contributed by atoms with Crippen LogP contribution in [0.3, 0.4) is 0 Å². The van der Waals surface area contributed by atoms with E-state index in [4.69, 9.17) is 16.3 Å². The van der Waals surface area contributed by atoms with Gasteiger partial charge in [0.1, 0.15) is 18.5 Å². The van der Waals surface area contributed by atoms with Crippen molar-refractivity contribution in [1.82, 2.24) is 19.6 Å². The molecule has 192 valence electrons. The molecule has 4 heterocycles. The number of aromatic nitrogens is 3. The van der Waals surface area contributed by atoms with Gasteiger partial charge in [-0.2, -0.15) is 9.36 Å². The van der Waals surface area contributed by atoms with Crippen LogP contribution in [0, 0.1) is 0 Å². The minimum atomic E-state index is -1.51. The molecule has 1 unspecified atom stereocenters. The summed E-state index contributed by atoms with van der Waals surface area (Å²) in [5, 5.41) is 17.6. The predicted molar refractivity (Wildman–Crippen MR) is 129 cm³/mol. The second-order valence-corrected chi connectivity index (χ2v) is 9.54. The van der Waals surface area contributed by atoms with Gasteiger partial charge in [-0.3, -0.25) is 19.3 Å². The van der Waals surface area contributed by atoms with Gasteiger partial charge in [0.2, 0.25) is 17.4 Å². The molecule has 2 aromatic rings. The molecule has 16 heteroatoms. The number of thioether (sulfide) groups is 1. The van der Waals surface area contributed by atoms with Crippen molar-refractivity contribution in [3.8, 4) is 0 Å². The minimum absolute atomic E-state index is 0.0633. The minimum Gasteiger partial charge on any atom is -0.543 e. The molecule has 1 fully saturated rings. The fourth-order valence-electron chi connectivity index (χ4n) is 3.64. The first-order valence-corrected chi connectivity index (χ1v) is 12.4. The number of amides is 3. The summed E-state index contributed by atoms with van der Waals surface area (Å²) in [4.78, 5) is 58.5. The summed E-state index contributed by atoms with van der Waals surface area (Å²) in [6.45, 7) is 0.375. The molecule has 3 amide bonds. The van der Waals surface area contributed by atoms with Crippen LogP contribution >= 0.6 is 23.3 Å². The first-order chi connectivity index (χ1) is 17.7. The second-order valence-electron chi connectivity index (χ2n) is 7.65. The van der Waals surface area contributed by atoms with E-state index in [1.165, 1.54) is 18.9 Å². The summed E-state index contributed by atoms with van der Waals surface area (Å²) in [6.07, 6.45) is 6.64. The van der Waals surface area contributed by atoms with Gasteiger partial charge in [0, 0.05) is 29.4 Å². The van der Waals surface area contributed by atoms with E-state index in [0.29, 0.717) is 17.7 Å². The van der Waals surface area contributed by atoms with Crippen LogP contribution in [0.1, 0.15) is 16.2 Å². The molecule has 0 aromatic carbocycles. The van der Waals surface area contributed by atoms with Crippen molar-refractivity contribution in [2.24, 2.45) is 10.9 Å². The number of hydrogen-bond acceptors (Lipinski definition) is 12. The molecule has 0 bridgehead atoms. The first kappa shape index (κ1) is 25.8. The van der Waals surface area contributed by atoms with Crippen LogP contribution in [-0.2, 0) is 25.8 Å². The Morgan fingerprint density at radius 1 is 1.38 bits per heavy atom. The molecule has 2 aliphatic rings. The smallest absolute Gasteiger partial charge is 0.278 e. The third-order valence-corrected chi connectivity index (χ3v) is 7.18. The highest BCUT2D eigenvalue weighted by Gasteiger charge is 2.53. The number of carbonyl (C=O) groups excluding carboxylic acids is 4. The lowest BCUT2D eigenvalue weighted by Crippen LogP contribution is -2.71. The molecule has 2 atom stereocenters. The Morgan fingerprint density at radius 2 is 2.11 bits per heavy atom. The summed E-state index contributed by atoms with van der Waals surface area (Å²) in [6, 6.07) is 2.13. The largest absolute Gasteiger partial charge is 0.543 e. The van der Waals surface area contributed by atoms with Crippen molar-refractivity contribution in [3.63, 3.8) is 0 Å². The lowest BCUT2D eigenvalue weighted by Gasteiger charge is -2.50. The van der Waals surface area contributed by atoms with Crippen molar-refractivity contribution in [2.75, 3.05) is 18.6 Å². The van der Waals surface area contributed by atoms with Crippen LogP contribution < -0.4 is 26.5 Å². The van der Waals surface area contributed by atoms with Gasteiger partial charge in [0.15, 0.2) is 24.1 Å². The zero-order valence-electron chi connectivity index (χ0n) is 19.2. The van der Waals surface area contributed by atoms with Gasteiger partial charge in [-0.25, -0.2) is 4.57 Å². The van der Waals surface area contributed by atoms with Crippen molar-refractivity contribution in [3.05, 3.63) is 59.3 Å². The Morgan fingerprint density at radius 3 is 2.70 bits per heavy atom. The van der Waals surface area contributed by atoms with Gasteiger partial charge in [0.05, 0.1) is 17.2 Å². The summed E-state index contributed by atoms with van der Waals surface area (Å²) < 4.78 is 5.68. The number of allylic oxidation sites excluding steroid dienone is 2. The zero-order valence-corrected chi connectivity index (χ0v) is 20.8. The van der Waals surface area contributed by atoms with Crippen LogP contribution in [0.25, 0.3) is 0 Å². The topological polar surface area (TPSA) is 210 Å². The molecule has 37 heavy (non-hydrogen) atoms. The number of nitrogens with two attached hydrogens (primary N) is 2. The van der Waals surface area contributed by atoms with E-state index in [1.807, 2.05) is 0 Å². The maximum Gasteiger partial charge on any atom is 0.278 e. The Bertz CT molecular complexity index is 1350. The number of pyridine rings is 1. The van der Waals surface area contributed by atoms with E-state index in [-0.39, 0.29) is 28.1 Å². The van der Waals surface area contributed by atoms with Crippen LogP contribution in [-0.4, -0.2) is 67.9 Å². The quantitative estimate of drug-likeness (QED) is 0.131. The second kappa shape index (κ2) is 10.8. The summed E-state index contributed by atoms with van der Waals surface area (Å²) in [7, 11) is 1.23. The lowest BCUT2D eigenvalue weighted by molar-refractivity contribution is -0.687. The fraction of sp³-hybridized carbons (Fsp3) is 0.238. The zero-order chi connectivity index (χ0) is 26.7. The van der Waals surface area contributed by atoms with Gasteiger partial charge in [-0.1, -0.05) is 11.2 Å². The number of carboxylic acids is 1. The number of nitrogen functional groups attached to an aromatic ring is 1. The van der Waals surface area contributed by atoms with Crippen molar-refractivity contribution >= 4 is 57.8 Å². The van der Waals surface area contributed by atoms with Crippen molar-refractivity contribution in [2.45, 2.75) is 18.0 Å².